The van der Waals surface area contributed by atoms with E-state index in [0.29, 0.717) is 13.2 Å². The summed E-state index contributed by atoms with van der Waals surface area (Å²) in [5.74, 6) is 0.374. The highest BCUT2D eigenvalue weighted by atomic mass is 35.5. The van der Waals surface area contributed by atoms with E-state index in [-0.39, 0.29) is 35.1 Å². The topological polar surface area (TPSA) is 93.5 Å². The number of benzene rings is 2. The Kier molecular flexibility index (Phi) is 6.61. The Bertz CT molecular complexity index is 1240. The Labute approximate surface area is 191 Å². The van der Waals surface area contributed by atoms with Crippen LogP contribution in [0.2, 0.25) is 5.02 Å². The third kappa shape index (κ3) is 4.56. The summed E-state index contributed by atoms with van der Waals surface area (Å²) < 4.78 is 34.4. The number of para-hydroxylation sites is 1. The first-order valence-electron chi connectivity index (χ1n) is 10.1. The zero-order valence-electron chi connectivity index (χ0n) is 17.5. The van der Waals surface area contributed by atoms with Crippen LogP contribution in [0.4, 0.5) is 0 Å². The van der Waals surface area contributed by atoms with E-state index < -0.39 is 15.9 Å². The number of sulfonamides is 1. The summed E-state index contributed by atoms with van der Waals surface area (Å²) >= 11 is 6.24. The molecular formula is C22H23ClN4O4S. The zero-order valence-corrected chi connectivity index (χ0v) is 19.1. The van der Waals surface area contributed by atoms with E-state index in [0.717, 1.165) is 17.1 Å². The summed E-state index contributed by atoms with van der Waals surface area (Å²) in [4.78, 5) is 17.2. The van der Waals surface area contributed by atoms with E-state index in [4.69, 9.17) is 16.3 Å². The zero-order chi connectivity index (χ0) is 22.7. The fourth-order valence-corrected chi connectivity index (χ4v) is 5.21. The van der Waals surface area contributed by atoms with Crippen LogP contribution in [-0.2, 0) is 21.3 Å². The lowest BCUT2D eigenvalue weighted by Gasteiger charge is -2.26. The number of hydrogen-bond acceptors (Lipinski definition) is 5. The van der Waals surface area contributed by atoms with Crippen LogP contribution in [0.5, 0.6) is 0 Å². The highest BCUT2D eigenvalue weighted by molar-refractivity contribution is 7.89. The smallest absolute Gasteiger partial charge is 0.253 e. The summed E-state index contributed by atoms with van der Waals surface area (Å²) in [6.45, 7) is 3.37. The monoisotopic (exact) mass is 474 g/mol. The largest absolute Gasteiger partial charge is 0.379 e. The summed E-state index contributed by atoms with van der Waals surface area (Å²) in [6.07, 6.45) is 3.57. The molecule has 1 saturated heterocycles. The molecule has 1 N–H and O–H groups in total. The average Bonchev–Trinajstić information content (AvgIpc) is 3.24. The molecule has 2 heterocycles. The second-order valence-electron chi connectivity index (χ2n) is 7.31. The van der Waals surface area contributed by atoms with Crippen molar-refractivity contribution in [3.8, 4) is 5.69 Å². The number of nitrogens with zero attached hydrogens (tertiary/aromatic N) is 3. The minimum Gasteiger partial charge on any atom is -0.379 e. The third-order valence-electron chi connectivity index (χ3n) is 5.31. The molecule has 0 spiro atoms. The fraction of sp³-hybridized carbons (Fsp3) is 0.273. The van der Waals surface area contributed by atoms with Crippen molar-refractivity contribution in [3.05, 3.63) is 76.8 Å². The molecule has 1 fully saturated rings. The molecule has 8 nitrogen and oxygen atoms in total. The van der Waals surface area contributed by atoms with Crippen molar-refractivity contribution in [2.24, 2.45) is 0 Å². The molecule has 1 amide bonds. The molecule has 1 aliphatic heterocycles. The number of aryl methyl sites for hydroxylation is 1. The van der Waals surface area contributed by atoms with Gasteiger partial charge in [-0.1, -0.05) is 29.8 Å². The Morgan fingerprint density at radius 2 is 1.94 bits per heavy atom. The molecule has 1 aromatic heterocycles. The normalized spacial score (nSPS) is 14.9. The van der Waals surface area contributed by atoms with Gasteiger partial charge in [-0.05, 0) is 36.8 Å². The average molecular weight is 475 g/mol. The lowest BCUT2D eigenvalue weighted by molar-refractivity contribution is 0.0730. The number of imidazole rings is 1. The van der Waals surface area contributed by atoms with Gasteiger partial charge in [0, 0.05) is 32.0 Å². The van der Waals surface area contributed by atoms with Gasteiger partial charge in [0.05, 0.1) is 34.4 Å². The number of rotatable bonds is 6. The van der Waals surface area contributed by atoms with Crippen molar-refractivity contribution >= 4 is 27.5 Å². The minimum absolute atomic E-state index is 0.0309. The first-order chi connectivity index (χ1) is 15.4. The van der Waals surface area contributed by atoms with Crippen LogP contribution in [-0.4, -0.2) is 54.5 Å². The van der Waals surface area contributed by atoms with Crippen LogP contribution in [0.1, 0.15) is 21.7 Å². The maximum Gasteiger partial charge on any atom is 0.253 e. The maximum absolute atomic E-state index is 12.9. The van der Waals surface area contributed by atoms with Crippen molar-refractivity contribution in [1.82, 2.24) is 19.2 Å². The summed E-state index contributed by atoms with van der Waals surface area (Å²) in [5.41, 5.74) is 1.89. The molecule has 2 aromatic carbocycles. The van der Waals surface area contributed by atoms with E-state index in [1.807, 2.05) is 42.0 Å². The van der Waals surface area contributed by atoms with Gasteiger partial charge in [-0.3, -0.25) is 4.79 Å². The molecule has 4 rings (SSSR count). The quantitative estimate of drug-likeness (QED) is 0.593. The number of nitrogens with one attached hydrogen (secondary N) is 1. The molecule has 0 unspecified atom stereocenters. The van der Waals surface area contributed by atoms with Crippen LogP contribution in [0.25, 0.3) is 5.69 Å². The van der Waals surface area contributed by atoms with Crippen LogP contribution < -0.4 is 5.32 Å². The first kappa shape index (κ1) is 22.5. The van der Waals surface area contributed by atoms with Gasteiger partial charge < -0.3 is 14.6 Å². The van der Waals surface area contributed by atoms with Crippen LogP contribution >= 0.6 is 11.6 Å². The number of morpholine rings is 1. The molecule has 0 bridgehead atoms. The summed E-state index contributed by atoms with van der Waals surface area (Å²) in [5, 5.41) is 3.03. The van der Waals surface area contributed by atoms with E-state index in [1.165, 1.54) is 22.5 Å². The number of halogens is 1. The van der Waals surface area contributed by atoms with Crippen molar-refractivity contribution in [2.75, 3.05) is 26.3 Å². The van der Waals surface area contributed by atoms with Gasteiger partial charge in [-0.25, -0.2) is 13.4 Å². The molecule has 0 saturated carbocycles. The van der Waals surface area contributed by atoms with Gasteiger partial charge in [-0.2, -0.15) is 4.31 Å². The van der Waals surface area contributed by atoms with Gasteiger partial charge in [-0.15, -0.1) is 0 Å². The Hall–Kier alpha value is -2.72. The molecule has 32 heavy (non-hydrogen) atoms. The predicted octanol–water partition coefficient (Wildman–Crippen LogP) is 2.79. The van der Waals surface area contributed by atoms with E-state index in [2.05, 4.69) is 10.3 Å². The predicted molar refractivity (Wildman–Crippen MR) is 121 cm³/mol. The fourth-order valence-electron chi connectivity index (χ4n) is 3.57. The molecule has 3 aromatic rings. The third-order valence-corrected chi connectivity index (χ3v) is 7.53. The SMILES string of the molecule is Cc1nccn1-c1ccccc1CNC(=O)c1cc(S(=O)(=O)N2CCOCC2)ccc1Cl. The van der Waals surface area contributed by atoms with Crippen LogP contribution in [0.3, 0.4) is 0 Å². The lowest BCUT2D eigenvalue weighted by Crippen LogP contribution is -2.40. The second-order valence-corrected chi connectivity index (χ2v) is 9.66. The van der Waals surface area contributed by atoms with E-state index in [1.54, 1.807) is 6.20 Å². The summed E-state index contributed by atoms with van der Waals surface area (Å²) in [7, 11) is -3.74. The van der Waals surface area contributed by atoms with Crippen LogP contribution in [0, 0.1) is 6.92 Å². The molecule has 0 radical (unpaired) electrons. The van der Waals surface area contributed by atoms with Gasteiger partial charge in [0.25, 0.3) is 5.91 Å². The highest BCUT2D eigenvalue weighted by Crippen LogP contribution is 2.24. The van der Waals surface area contributed by atoms with Crippen molar-refractivity contribution in [3.63, 3.8) is 0 Å². The van der Waals surface area contributed by atoms with Crippen molar-refractivity contribution < 1.29 is 17.9 Å². The number of amides is 1. The number of carbonyl (C=O) groups excluding carboxylic acids is 1. The molecule has 0 aliphatic carbocycles. The maximum atomic E-state index is 12.9. The number of hydrogen-bond donors (Lipinski definition) is 1. The first-order valence-corrected chi connectivity index (χ1v) is 11.9. The molecule has 1 aliphatic rings. The van der Waals surface area contributed by atoms with Gasteiger partial charge >= 0.3 is 0 Å². The Balaban J connectivity index is 1.55. The second kappa shape index (κ2) is 9.41. The molecule has 0 atom stereocenters. The number of aromatic nitrogens is 2. The van der Waals surface area contributed by atoms with Gasteiger partial charge in [0.2, 0.25) is 10.0 Å². The number of carbonyl (C=O) groups is 1. The lowest BCUT2D eigenvalue weighted by atomic mass is 10.1. The molecular weight excluding hydrogens is 452 g/mol. The Morgan fingerprint density at radius 1 is 1.19 bits per heavy atom. The van der Waals surface area contributed by atoms with Gasteiger partial charge in [0.15, 0.2) is 0 Å². The molecule has 168 valence electrons. The number of ether oxygens (including phenoxy) is 1. The van der Waals surface area contributed by atoms with Crippen LogP contribution in [0.15, 0.2) is 59.8 Å². The summed E-state index contributed by atoms with van der Waals surface area (Å²) in [6, 6.07) is 11.8. The van der Waals surface area contributed by atoms with Crippen molar-refractivity contribution in [1.29, 1.82) is 0 Å². The van der Waals surface area contributed by atoms with Crippen molar-refractivity contribution in [2.45, 2.75) is 18.4 Å². The highest BCUT2D eigenvalue weighted by Gasteiger charge is 2.27. The van der Waals surface area contributed by atoms with E-state index >= 15 is 0 Å². The Morgan fingerprint density at radius 3 is 2.66 bits per heavy atom. The van der Waals surface area contributed by atoms with E-state index in [9.17, 15) is 13.2 Å². The molecule has 10 heteroatoms. The standard InChI is InChI=1S/C22H23ClN4O4S/c1-16-24-8-9-27(16)21-5-3-2-4-17(21)15-25-22(28)19-14-18(6-7-20(19)23)32(29,30)26-10-12-31-13-11-26/h2-9,14H,10-13,15H2,1H3,(H,25,28). The minimum atomic E-state index is -3.74. The van der Waals surface area contributed by atoms with Gasteiger partial charge in [0.1, 0.15) is 5.82 Å².